The van der Waals surface area contributed by atoms with Gasteiger partial charge in [0.2, 0.25) is 5.91 Å². The van der Waals surface area contributed by atoms with Crippen LogP contribution in [-0.4, -0.2) is 84.0 Å². The monoisotopic (exact) mass is 331 g/mol. The van der Waals surface area contributed by atoms with Crippen molar-refractivity contribution in [3.05, 3.63) is 35.9 Å². The van der Waals surface area contributed by atoms with Gasteiger partial charge in [-0.05, 0) is 12.6 Å². The fourth-order valence-electron chi connectivity index (χ4n) is 3.72. The van der Waals surface area contributed by atoms with Gasteiger partial charge in [0, 0.05) is 45.3 Å². The van der Waals surface area contributed by atoms with Gasteiger partial charge in [-0.2, -0.15) is 0 Å². The number of carbonyl (C=O) groups excluding carboxylic acids is 1. The van der Waals surface area contributed by atoms with Crippen LogP contribution in [-0.2, 0) is 16.0 Å². The number of carbonyl (C=O) groups is 2. The van der Waals surface area contributed by atoms with E-state index in [0.717, 1.165) is 18.7 Å². The van der Waals surface area contributed by atoms with Gasteiger partial charge in [0.1, 0.15) is 0 Å². The molecule has 2 aliphatic heterocycles. The molecule has 2 atom stereocenters. The lowest BCUT2D eigenvalue weighted by atomic mass is 10.1. The van der Waals surface area contributed by atoms with E-state index >= 15 is 0 Å². The highest BCUT2D eigenvalue weighted by Gasteiger charge is 2.36. The Balaban J connectivity index is 1.63. The minimum absolute atomic E-state index is 0.155. The van der Waals surface area contributed by atoms with Gasteiger partial charge in [-0.15, -0.1) is 0 Å². The van der Waals surface area contributed by atoms with Gasteiger partial charge in [-0.3, -0.25) is 14.5 Å². The van der Waals surface area contributed by atoms with E-state index in [1.807, 2.05) is 42.3 Å². The fourth-order valence-corrected chi connectivity index (χ4v) is 3.72. The number of hydrogen-bond acceptors (Lipinski definition) is 4. The zero-order valence-corrected chi connectivity index (χ0v) is 14.1. The van der Waals surface area contributed by atoms with Crippen molar-refractivity contribution in [2.75, 3.05) is 46.3 Å². The summed E-state index contributed by atoms with van der Waals surface area (Å²) in [5.41, 5.74) is 1.04. The first-order valence-electron chi connectivity index (χ1n) is 8.50. The first-order chi connectivity index (χ1) is 11.5. The Hall–Kier alpha value is -1.92. The summed E-state index contributed by atoms with van der Waals surface area (Å²) in [6.45, 7) is 4.06. The van der Waals surface area contributed by atoms with Crippen LogP contribution in [0.1, 0.15) is 5.56 Å². The standard InChI is InChI=1S/C18H25N3O3/c1-19-10-15(18(23)24)11-20-7-8-21(13-16(20)12-19)17(22)9-14-5-3-2-4-6-14/h2-6,15-16H,7-13H2,1H3,(H,23,24). The molecule has 2 saturated heterocycles. The summed E-state index contributed by atoms with van der Waals surface area (Å²) in [5.74, 6) is -0.931. The minimum atomic E-state index is -0.731. The fraction of sp³-hybridized carbons (Fsp3) is 0.556. The number of benzene rings is 1. The van der Waals surface area contributed by atoms with Gasteiger partial charge < -0.3 is 14.9 Å². The van der Waals surface area contributed by atoms with Gasteiger partial charge in [0.05, 0.1) is 12.3 Å². The molecule has 2 heterocycles. The van der Waals surface area contributed by atoms with Crippen LogP contribution >= 0.6 is 0 Å². The van der Waals surface area contributed by atoms with Crippen molar-refractivity contribution in [1.82, 2.24) is 14.7 Å². The van der Waals surface area contributed by atoms with E-state index in [1.54, 1.807) is 0 Å². The number of carboxylic acids is 1. The first kappa shape index (κ1) is 16.9. The number of fused-ring (bicyclic) bond motifs is 1. The summed E-state index contributed by atoms with van der Waals surface area (Å²) in [4.78, 5) is 30.2. The van der Waals surface area contributed by atoms with E-state index in [0.29, 0.717) is 32.6 Å². The summed E-state index contributed by atoms with van der Waals surface area (Å²) in [5, 5.41) is 9.36. The number of likely N-dealkylation sites (N-methyl/N-ethyl adjacent to an activating group) is 1. The topological polar surface area (TPSA) is 64.1 Å². The summed E-state index contributed by atoms with van der Waals surface area (Å²) in [7, 11) is 1.96. The van der Waals surface area contributed by atoms with E-state index in [4.69, 9.17) is 0 Å². The molecule has 0 bridgehead atoms. The maximum Gasteiger partial charge on any atom is 0.309 e. The van der Waals surface area contributed by atoms with Crippen LogP contribution in [0.5, 0.6) is 0 Å². The van der Waals surface area contributed by atoms with Crippen LogP contribution in [0.3, 0.4) is 0 Å². The molecule has 1 aromatic rings. The summed E-state index contributed by atoms with van der Waals surface area (Å²) in [6.07, 6.45) is 0.432. The minimum Gasteiger partial charge on any atom is -0.481 e. The van der Waals surface area contributed by atoms with E-state index in [1.165, 1.54) is 0 Å². The van der Waals surface area contributed by atoms with Crippen molar-refractivity contribution >= 4 is 11.9 Å². The van der Waals surface area contributed by atoms with Crippen molar-refractivity contribution in [3.63, 3.8) is 0 Å². The highest BCUT2D eigenvalue weighted by atomic mass is 16.4. The Morgan fingerprint density at radius 3 is 2.54 bits per heavy atom. The second kappa shape index (κ2) is 7.32. The van der Waals surface area contributed by atoms with Crippen molar-refractivity contribution in [1.29, 1.82) is 0 Å². The molecule has 0 spiro atoms. The SMILES string of the molecule is CN1CC(C(=O)O)CN2CCN(C(=O)Cc3ccccc3)CC2C1. The van der Waals surface area contributed by atoms with Crippen LogP contribution in [0.25, 0.3) is 0 Å². The Labute approximate surface area is 142 Å². The normalized spacial score (nSPS) is 25.8. The van der Waals surface area contributed by atoms with E-state index in [-0.39, 0.29) is 17.9 Å². The molecule has 0 aromatic heterocycles. The zero-order chi connectivity index (χ0) is 17.1. The summed E-state index contributed by atoms with van der Waals surface area (Å²) >= 11 is 0. The first-order valence-corrected chi connectivity index (χ1v) is 8.50. The van der Waals surface area contributed by atoms with Crippen molar-refractivity contribution in [3.8, 4) is 0 Å². The van der Waals surface area contributed by atoms with Crippen LogP contribution < -0.4 is 0 Å². The molecule has 1 N–H and O–H groups in total. The van der Waals surface area contributed by atoms with Gasteiger partial charge in [0.15, 0.2) is 0 Å². The Bertz CT molecular complexity index is 592. The maximum absolute atomic E-state index is 12.6. The Morgan fingerprint density at radius 1 is 1.08 bits per heavy atom. The number of rotatable bonds is 3. The molecule has 1 aromatic carbocycles. The van der Waals surface area contributed by atoms with Crippen LogP contribution in [0.4, 0.5) is 0 Å². The zero-order valence-electron chi connectivity index (χ0n) is 14.1. The summed E-state index contributed by atoms with van der Waals surface area (Å²) in [6, 6.07) is 10.0. The molecule has 0 aliphatic carbocycles. The van der Waals surface area contributed by atoms with E-state index < -0.39 is 5.97 Å². The molecule has 3 rings (SSSR count). The Kier molecular flexibility index (Phi) is 5.16. The molecule has 1 amide bonds. The molecular weight excluding hydrogens is 306 g/mol. The summed E-state index contributed by atoms with van der Waals surface area (Å²) < 4.78 is 0. The Morgan fingerprint density at radius 2 is 1.83 bits per heavy atom. The number of nitrogens with zero attached hydrogens (tertiary/aromatic N) is 3. The molecule has 2 aliphatic rings. The molecule has 0 radical (unpaired) electrons. The van der Waals surface area contributed by atoms with Crippen molar-refractivity contribution < 1.29 is 14.7 Å². The molecular formula is C18H25N3O3. The second-order valence-electron chi connectivity index (χ2n) is 6.91. The average Bonchev–Trinajstić information content (AvgIpc) is 2.73. The number of amides is 1. The highest BCUT2D eigenvalue weighted by Crippen LogP contribution is 2.19. The predicted octanol–water partition coefficient (Wildman–Crippen LogP) is 0.388. The highest BCUT2D eigenvalue weighted by molar-refractivity contribution is 5.79. The second-order valence-corrected chi connectivity index (χ2v) is 6.91. The van der Waals surface area contributed by atoms with Gasteiger partial charge in [-0.1, -0.05) is 30.3 Å². The lowest BCUT2D eigenvalue weighted by Crippen LogP contribution is -2.57. The van der Waals surface area contributed by atoms with E-state index in [2.05, 4.69) is 9.80 Å². The molecule has 2 fully saturated rings. The third-order valence-corrected chi connectivity index (χ3v) is 5.01. The van der Waals surface area contributed by atoms with Crippen molar-refractivity contribution in [2.24, 2.45) is 5.92 Å². The molecule has 24 heavy (non-hydrogen) atoms. The third-order valence-electron chi connectivity index (χ3n) is 5.01. The number of hydrogen-bond donors (Lipinski definition) is 1. The maximum atomic E-state index is 12.6. The lowest BCUT2D eigenvalue weighted by Gasteiger charge is -2.41. The van der Waals surface area contributed by atoms with Gasteiger partial charge in [-0.25, -0.2) is 0 Å². The van der Waals surface area contributed by atoms with Gasteiger partial charge >= 0.3 is 5.97 Å². The predicted molar refractivity (Wildman–Crippen MR) is 90.7 cm³/mol. The van der Waals surface area contributed by atoms with Crippen LogP contribution in [0.2, 0.25) is 0 Å². The number of piperazine rings is 1. The quantitative estimate of drug-likeness (QED) is 0.868. The van der Waals surface area contributed by atoms with Gasteiger partial charge in [0.25, 0.3) is 0 Å². The largest absolute Gasteiger partial charge is 0.481 e. The average molecular weight is 331 g/mol. The van der Waals surface area contributed by atoms with E-state index in [9.17, 15) is 14.7 Å². The molecule has 130 valence electrons. The molecule has 6 nitrogen and oxygen atoms in total. The third kappa shape index (κ3) is 3.94. The van der Waals surface area contributed by atoms with Crippen molar-refractivity contribution in [2.45, 2.75) is 12.5 Å². The van der Waals surface area contributed by atoms with Crippen LogP contribution in [0.15, 0.2) is 30.3 Å². The molecule has 6 heteroatoms. The number of carboxylic acid groups (broad SMARTS) is 1. The molecule has 2 unspecified atom stereocenters. The smallest absolute Gasteiger partial charge is 0.309 e. The molecule has 0 saturated carbocycles. The lowest BCUT2D eigenvalue weighted by molar-refractivity contribution is -0.143. The van der Waals surface area contributed by atoms with Crippen LogP contribution in [0, 0.1) is 5.92 Å². The number of aliphatic carboxylic acids is 1.